The molecule has 0 radical (unpaired) electrons. The Kier molecular flexibility index (Phi) is 3.45. The summed E-state index contributed by atoms with van der Waals surface area (Å²) >= 11 is 5.81. The lowest BCUT2D eigenvalue weighted by atomic mass is 10.2. The molecule has 2 rings (SSSR count). The first kappa shape index (κ1) is 12.3. The zero-order chi connectivity index (χ0) is 13.1. The van der Waals surface area contributed by atoms with E-state index in [2.05, 4.69) is 5.32 Å². The van der Waals surface area contributed by atoms with E-state index in [1.54, 1.807) is 6.07 Å². The molecule has 0 saturated carbocycles. The summed E-state index contributed by atoms with van der Waals surface area (Å²) < 4.78 is 26.0. The minimum absolute atomic E-state index is 0.214. The average Bonchev–Trinajstić information content (AvgIpc) is 2.27. The van der Waals surface area contributed by atoms with E-state index in [4.69, 9.17) is 16.9 Å². The summed E-state index contributed by atoms with van der Waals surface area (Å²) in [5, 5.41) is 12.1. The number of benzene rings is 2. The monoisotopic (exact) mass is 264 g/mol. The van der Waals surface area contributed by atoms with E-state index in [0.717, 1.165) is 18.2 Å². The van der Waals surface area contributed by atoms with Crippen LogP contribution in [0.2, 0.25) is 5.02 Å². The quantitative estimate of drug-likeness (QED) is 0.881. The summed E-state index contributed by atoms with van der Waals surface area (Å²) in [6.07, 6.45) is 0. The van der Waals surface area contributed by atoms with Crippen LogP contribution in [0, 0.1) is 23.0 Å². The predicted octanol–water partition coefficient (Wildman–Crippen LogP) is 4.23. The summed E-state index contributed by atoms with van der Waals surface area (Å²) in [6.45, 7) is 0. The SMILES string of the molecule is N#Cc1ccc(Cl)cc1Nc1cc(F)cc(F)c1. The molecule has 2 aromatic carbocycles. The van der Waals surface area contributed by atoms with Gasteiger partial charge in [-0.2, -0.15) is 5.26 Å². The highest BCUT2D eigenvalue weighted by Gasteiger charge is 2.05. The van der Waals surface area contributed by atoms with Crippen LogP contribution in [0.5, 0.6) is 0 Å². The van der Waals surface area contributed by atoms with E-state index in [9.17, 15) is 8.78 Å². The number of rotatable bonds is 2. The summed E-state index contributed by atoms with van der Waals surface area (Å²) in [7, 11) is 0. The molecule has 0 heterocycles. The Morgan fingerprint density at radius 1 is 1.06 bits per heavy atom. The van der Waals surface area contributed by atoms with Crippen LogP contribution in [0.1, 0.15) is 5.56 Å². The molecule has 0 aromatic heterocycles. The first-order valence-electron chi connectivity index (χ1n) is 5.01. The predicted molar refractivity (Wildman–Crippen MR) is 65.8 cm³/mol. The highest BCUT2D eigenvalue weighted by atomic mass is 35.5. The summed E-state index contributed by atoms with van der Waals surface area (Å²) in [4.78, 5) is 0. The molecule has 18 heavy (non-hydrogen) atoms. The van der Waals surface area contributed by atoms with Crippen molar-refractivity contribution in [1.82, 2.24) is 0 Å². The zero-order valence-corrected chi connectivity index (χ0v) is 9.80. The second kappa shape index (κ2) is 5.03. The molecule has 0 fully saturated rings. The van der Waals surface area contributed by atoms with Gasteiger partial charge in [-0.3, -0.25) is 0 Å². The Labute approximate surface area is 107 Å². The highest BCUT2D eigenvalue weighted by molar-refractivity contribution is 6.30. The third kappa shape index (κ3) is 2.76. The van der Waals surface area contributed by atoms with E-state index >= 15 is 0 Å². The normalized spacial score (nSPS) is 9.89. The van der Waals surface area contributed by atoms with Crippen LogP contribution >= 0.6 is 11.6 Å². The van der Waals surface area contributed by atoms with Crippen LogP contribution in [-0.4, -0.2) is 0 Å². The number of nitrogens with one attached hydrogen (secondary N) is 1. The van der Waals surface area contributed by atoms with Crippen molar-refractivity contribution in [2.75, 3.05) is 5.32 Å². The molecule has 0 atom stereocenters. The summed E-state index contributed by atoms with van der Waals surface area (Å²) in [5.74, 6) is -1.39. The van der Waals surface area contributed by atoms with E-state index < -0.39 is 11.6 Å². The fraction of sp³-hybridized carbons (Fsp3) is 0. The maximum Gasteiger partial charge on any atom is 0.128 e. The van der Waals surface area contributed by atoms with Crippen molar-refractivity contribution in [2.24, 2.45) is 0 Å². The van der Waals surface area contributed by atoms with Gasteiger partial charge in [0.25, 0.3) is 0 Å². The van der Waals surface area contributed by atoms with Gasteiger partial charge in [0.1, 0.15) is 17.7 Å². The van der Waals surface area contributed by atoms with Crippen LogP contribution in [0.25, 0.3) is 0 Å². The molecule has 2 nitrogen and oxygen atoms in total. The lowest BCUT2D eigenvalue weighted by molar-refractivity contribution is 0.584. The van der Waals surface area contributed by atoms with Gasteiger partial charge in [-0.05, 0) is 30.3 Å². The van der Waals surface area contributed by atoms with Gasteiger partial charge in [-0.1, -0.05) is 11.6 Å². The van der Waals surface area contributed by atoms with Crippen LogP contribution in [0.15, 0.2) is 36.4 Å². The number of anilines is 2. The Bertz CT molecular complexity index is 615. The van der Waals surface area contributed by atoms with E-state index in [0.29, 0.717) is 16.3 Å². The second-order valence-corrected chi connectivity index (χ2v) is 4.02. The first-order chi connectivity index (χ1) is 8.58. The lowest BCUT2D eigenvalue weighted by Gasteiger charge is -2.09. The van der Waals surface area contributed by atoms with Crippen LogP contribution < -0.4 is 5.32 Å². The molecular weight excluding hydrogens is 258 g/mol. The number of halogens is 3. The van der Waals surface area contributed by atoms with Crippen molar-refractivity contribution in [3.63, 3.8) is 0 Å². The topological polar surface area (TPSA) is 35.8 Å². The Morgan fingerprint density at radius 2 is 1.72 bits per heavy atom. The molecule has 2 aromatic rings. The van der Waals surface area contributed by atoms with Gasteiger partial charge in [0.15, 0.2) is 0 Å². The van der Waals surface area contributed by atoms with Gasteiger partial charge >= 0.3 is 0 Å². The Balaban J connectivity index is 2.39. The summed E-state index contributed by atoms with van der Waals surface area (Å²) in [6, 6.07) is 9.61. The van der Waals surface area contributed by atoms with Gasteiger partial charge in [-0.25, -0.2) is 8.78 Å². The number of nitriles is 1. The van der Waals surface area contributed by atoms with Crippen molar-refractivity contribution in [3.8, 4) is 6.07 Å². The standard InChI is InChI=1S/C13H7ClF2N2/c14-9-2-1-8(7-17)13(3-9)18-12-5-10(15)4-11(16)6-12/h1-6,18H. The maximum atomic E-state index is 13.0. The van der Waals surface area contributed by atoms with E-state index in [-0.39, 0.29) is 5.69 Å². The second-order valence-electron chi connectivity index (χ2n) is 3.58. The van der Waals surface area contributed by atoms with E-state index in [1.807, 2.05) is 6.07 Å². The fourth-order valence-electron chi connectivity index (χ4n) is 1.50. The molecule has 0 amide bonds. The third-order valence-electron chi connectivity index (χ3n) is 2.24. The average molecular weight is 265 g/mol. The largest absolute Gasteiger partial charge is 0.354 e. The first-order valence-corrected chi connectivity index (χ1v) is 5.39. The minimum atomic E-state index is -0.696. The molecule has 0 aliphatic carbocycles. The van der Waals surface area contributed by atoms with Crippen LogP contribution in [-0.2, 0) is 0 Å². The Morgan fingerprint density at radius 3 is 2.33 bits per heavy atom. The minimum Gasteiger partial charge on any atom is -0.354 e. The van der Waals surface area contributed by atoms with Crippen LogP contribution in [0.3, 0.4) is 0 Å². The molecular formula is C13H7ClF2N2. The van der Waals surface area contributed by atoms with Crippen LogP contribution in [0.4, 0.5) is 20.2 Å². The molecule has 0 unspecified atom stereocenters. The molecule has 1 N–H and O–H groups in total. The van der Waals surface area contributed by atoms with Crippen molar-refractivity contribution >= 4 is 23.0 Å². The molecule has 5 heteroatoms. The molecule has 0 aliphatic heterocycles. The number of hydrogen-bond acceptors (Lipinski definition) is 2. The third-order valence-corrected chi connectivity index (χ3v) is 2.48. The van der Waals surface area contributed by atoms with Gasteiger partial charge < -0.3 is 5.32 Å². The van der Waals surface area contributed by atoms with Crippen molar-refractivity contribution in [1.29, 1.82) is 5.26 Å². The number of hydrogen-bond donors (Lipinski definition) is 1. The van der Waals surface area contributed by atoms with E-state index in [1.165, 1.54) is 12.1 Å². The molecule has 0 saturated heterocycles. The highest BCUT2D eigenvalue weighted by Crippen LogP contribution is 2.25. The van der Waals surface area contributed by atoms with Gasteiger partial charge in [0.2, 0.25) is 0 Å². The molecule has 0 bridgehead atoms. The van der Waals surface area contributed by atoms with Crippen molar-refractivity contribution in [2.45, 2.75) is 0 Å². The smallest absolute Gasteiger partial charge is 0.128 e. The molecule has 90 valence electrons. The molecule has 0 spiro atoms. The fourth-order valence-corrected chi connectivity index (χ4v) is 1.67. The maximum absolute atomic E-state index is 13.0. The Hall–Kier alpha value is -2.12. The van der Waals surface area contributed by atoms with Gasteiger partial charge in [-0.15, -0.1) is 0 Å². The molecule has 0 aliphatic rings. The lowest BCUT2D eigenvalue weighted by Crippen LogP contribution is -1.95. The van der Waals surface area contributed by atoms with Gasteiger partial charge in [0.05, 0.1) is 11.3 Å². The number of nitrogens with zero attached hydrogens (tertiary/aromatic N) is 1. The van der Waals surface area contributed by atoms with Crippen molar-refractivity contribution in [3.05, 3.63) is 58.6 Å². The summed E-state index contributed by atoms with van der Waals surface area (Å²) in [5.41, 5.74) is 0.949. The van der Waals surface area contributed by atoms with Gasteiger partial charge in [0, 0.05) is 16.8 Å². The van der Waals surface area contributed by atoms with Crippen molar-refractivity contribution < 1.29 is 8.78 Å². The zero-order valence-electron chi connectivity index (χ0n) is 9.05.